The lowest BCUT2D eigenvalue weighted by molar-refractivity contribution is 0.136. The van der Waals surface area contributed by atoms with E-state index in [1.807, 2.05) is 0 Å². The standard InChI is InChI=1S/C14H28N2O/c1-2-8-15-14-7-3-5-12(14)10-16-9-4-6-13(16)11-17/h12-15,17H,2-11H2,1H3. The Morgan fingerprint density at radius 3 is 2.88 bits per heavy atom. The molecule has 0 amide bonds. The summed E-state index contributed by atoms with van der Waals surface area (Å²) in [5.41, 5.74) is 0. The summed E-state index contributed by atoms with van der Waals surface area (Å²) < 4.78 is 0. The van der Waals surface area contributed by atoms with E-state index in [-0.39, 0.29) is 0 Å². The largest absolute Gasteiger partial charge is 0.395 e. The van der Waals surface area contributed by atoms with Gasteiger partial charge in [0.1, 0.15) is 0 Å². The van der Waals surface area contributed by atoms with Gasteiger partial charge in [-0.1, -0.05) is 13.3 Å². The van der Waals surface area contributed by atoms with E-state index in [4.69, 9.17) is 0 Å². The molecule has 0 bridgehead atoms. The maximum Gasteiger partial charge on any atom is 0.0586 e. The average molecular weight is 240 g/mol. The van der Waals surface area contributed by atoms with Crippen LogP contribution < -0.4 is 5.32 Å². The quantitative estimate of drug-likeness (QED) is 0.740. The molecule has 3 nitrogen and oxygen atoms in total. The first kappa shape index (κ1) is 13.3. The lowest BCUT2D eigenvalue weighted by Gasteiger charge is -2.29. The number of aliphatic hydroxyl groups is 1. The summed E-state index contributed by atoms with van der Waals surface area (Å²) in [6.07, 6.45) is 7.79. The molecular weight excluding hydrogens is 212 g/mol. The van der Waals surface area contributed by atoms with Crippen LogP contribution >= 0.6 is 0 Å². The van der Waals surface area contributed by atoms with Gasteiger partial charge in [0.15, 0.2) is 0 Å². The smallest absolute Gasteiger partial charge is 0.0586 e. The van der Waals surface area contributed by atoms with Crippen LogP contribution in [0.3, 0.4) is 0 Å². The summed E-state index contributed by atoms with van der Waals surface area (Å²) in [5, 5.41) is 13.1. The molecule has 0 aromatic rings. The van der Waals surface area contributed by atoms with Gasteiger partial charge in [-0.15, -0.1) is 0 Å². The van der Waals surface area contributed by atoms with Crippen molar-refractivity contribution in [2.45, 2.75) is 57.5 Å². The first-order valence-corrected chi connectivity index (χ1v) is 7.43. The fourth-order valence-electron chi connectivity index (χ4n) is 3.50. The molecule has 1 saturated heterocycles. The van der Waals surface area contributed by atoms with Gasteiger partial charge in [0.05, 0.1) is 6.61 Å². The second-order valence-corrected chi connectivity index (χ2v) is 5.73. The van der Waals surface area contributed by atoms with Crippen molar-refractivity contribution in [3.8, 4) is 0 Å². The Kier molecular flexibility index (Phi) is 5.26. The summed E-state index contributed by atoms with van der Waals surface area (Å²) >= 11 is 0. The number of likely N-dealkylation sites (tertiary alicyclic amines) is 1. The highest BCUT2D eigenvalue weighted by Crippen LogP contribution is 2.29. The number of aliphatic hydroxyl groups excluding tert-OH is 1. The lowest BCUT2D eigenvalue weighted by Crippen LogP contribution is -2.42. The van der Waals surface area contributed by atoms with Crippen LogP contribution in [-0.2, 0) is 0 Å². The molecule has 3 heteroatoms. The first-order valence-electron chi connectivity index (χ1n) is 7.43. The predicted octanol–water partition coefficient (Wildman–Crippen LogP) is 1.61. The SMILES string of the molecule is CCCNC1CCCC1CN1CCCC1CO. The summed E-state index contributed by atoms with van der Waals surface area (Å²) in [6.45, 7) is 6.14. The maximum atomic E-state index is 9.36. The summed E-state index contributed by atoms with van der Waals surface area (Å²) in [7, 11) is 0. The number of rotatable bonds is 6. The van der Waals surface area contributed by atoms with Crippen molar-refractivity contribution in [2.24, 2.45) is 5.92 Å². The average Bonchev–Trinajstić information content (AvgIpc) is 2.96. The lowest BCUT2D eigenvalue weighted by atomic mass is 10.0. The highest BCUT2D eigenvalue weighted by molar-refractivity contribution is 4.88. The van der Waals surface area contributed by atoms with Gasteiger partial charge in [0.2, 0.25) is 0 Å². The highest BCUT2D eigenvalue weighted by atomic mass is 16.3. The van der Waals surface area contributed by atoms with Crippen LogP contribution in [0.2, 0.25) is 0 Å². The van der Waals surface area contributed by atoms with Crippen LogP contribution in [0.15, 0.2) is 0 Å². The predicted molar refractivity (Wildman–Crippen MR) is 71.1 cm³/mol. The molecular formula is C14H28N2O. The molecule has 2 aliphatic rings. The molecule has 1 saturated carbocycles. The Balaban J connectivity index is 1.80. The second kappa shape index (κ2) is 6.72. The summed E-state index contributed by atoms with van der Waals surface area (Å²) in [6, 6.07) is 1.18. The van der Waals surface area contributed by atoms with Crippen LogP contribution in [-0.4, -0.2) is 48.3 Å². The first-order chi connectivity index (χ1) is 8.35. The minimum absolute atomic E-state index is 0.347. The molecule has 2 fully saturated rings. The van der Waals surface area contributed by atoms with E-state index in [2.05, 4.69) is 17.1 Å². The minimum atomic E-state index is 0.347. The van der Waals surface area contributed by atoms with E-state index >= 15 is 0 Å². The molecule has 1 aliphatic heterocycles. The molecule has 0 aromatic heterocycles. The Morgan fingerprint density at radius 1 is 1.24 bits per heavy atom. The van der Waals surface area contributed by atoms with E-state index in [9.17, 15) is 5.11 Å². The van der Waals surface area contributed by atoms with E-state index in [0.29, 0.717) is 12.6 Å². The van der Waals surface area contributed by atoms with Gasteiger partial charge in [-0.25, -0.2) is 0 Å². The van der Waals surface area contributed by atoms with Crippen molar-refractivity contribution in [2.75, 3.05) is 26.2 Å². The minimum Gasteiger partial charge on any atom is -0.395 e. The van der Waals surface area contributed by atoms with Crippen molar-refractivity contribution >= 4 is 0 Å². The third kappa shape index (κ3) is 3.43. The summed E-state index contributed by atoms with van der Waals surface area (Å²) in [4.78, 5) is 2.52. The molecule has 2 N–H and O–H groups in total. The van der Waals surface area contributed by atoms with E-state index < -0.39 is 0 Å². The van der Waals surface area contributed by atoms with Gasteiger partial charge in [0.25, 0.3) is 0 Å². The molecule has 17 heavy (non-hydrogen) atoms. The fraction of sp³-hybridized carbons (Fsp3) is 1.00. The maximum absolute atomic E-state index is 9.36. The molecule has 0 spiro atoms. The molecule has 100 valence electrons. The van der Waals surface area contributed by atoms with Crippen molar-refractivity contribution in [3.05, 3.63) is 0 Å². The zero-order valence-electron chi connectivity index (χ0n) is 11.2. The van der Waals surface area contributed by atoms with Crippen LogP contribution in [0.1, 0.15) is 45.4 Å². The van der Waals surface area contributed by atoms with Crippen molar-refractivity contribution in [1.82, 2.24) is 10.2 Å². The van der Waals surface area contributed by atoms with Gasteiger partial charge >= 0.3 is 0 Å². The van der Waals surface area contributed by atoms with Crippen LogP contribution in [0.5, 0.6) is 0 Å². The van der Waals surface area contributed by atoms with Crippen LogP contribution in [0.25, 0.3) is 0 Å². The topological polar surface area (TPSA) is 35.5 Å². The molecule has 0 aromatic carbocycles. The third-order valence-corrected chi connectivity index (χ3v) is 4.49. The Labute approximate surface area is 106 Å². The molecule has 3 unspecified atom stereocenters. The third-order valence-electron chi connectivity index (χ3n) is 4.49. The number of hydrogen-bond donors (Lipinski definition) is 2. The molecule has 1 heterocycles. The van der Waals surface area contributed by atoms with Crippen molar-refractivity contribution in [1.29, 1.82) is 0 Å². The van der Waals surface area contributed by atoms with E-state index in [1.54, 1.807) is 0 Å². The Bertz CT molecular complexity index is 222. The van der Waals surface area contributed by atoms with Crippen molar-refractivity contribution < 1.29 is 5.11 Å². The second-order valence-electron chi connectivity index (χ2n) is 5.73. The highest BCUT2D eigenvalue weighted by Gasteiger charge is 2.32. The summed E-state index contributed by atoms with van der Waals surface area (Å²) in [5.74, 6) is 0.814. The van der Waals surface area contributed by atoms with Gasteiger partial charge in [-0.05, 0) is 51.1 Å². The monoisotopic (exact) mass is 240 g/mol. The van der Waals surface area contributed by atoms with Gasteiger partial charge in [-0.2, -0.15) is 0 Å². The van der Waals surface area contributed by atoms with Crippen molar-refractivity contribution in [3.63, 3.8) is 0 Å². The van der Waals surface area contributed by atoms with E-state index in [0.717, 1.165) is 18.5 Å². The number of nitrogens with one attached hydrogen (secondary N) is 1. The van der Waals surface area contributed by atoms with Crippen LogP contribution in [0.4, 0.5) is 0 Å². The Hall–Kier alpha value is -0.120. The van der Waals surface area contributed by atoms with Crippen LogP contribution in [0, 0.1) is 5.92 Å². The Morgan fingerprint density at radius 2 is 2.12 bits per heavy atom. The van der Waals surface area contributed by atoms with Gasteiger partial charge in [0, 0.05) is 18.6 Å². The fourth-order valence-corrected chi connectivity index (χ4v) is 3.50. The zero-order valence-corrected chi connectivity index (χ0v) is 11.2. The molecule has 3 atom stereocenters. The number of nitrogens with zero attached hydrogens (tertiary/aromatic N) is 1. The van der Waals surface area contributed by atoms with E-state index in [1.165, 1.54) is 51.6 Å². The van der Waals surface area contributed by atoms with Gasteiger partial charge < -0.3 is 10.4 Å². The molecule has 2 rings (SSSR count). The van der Waals surface area contributed by atoms with Gasteiger partial charge in [-0.3, -0.25) is 4.90 Å². The molecule has 1 aliphatic carbocycles. The molecule has 0 radical (unpaired) electrons. The normalized spacial score (nSPS) is 34.6. The zero-order chi connectivity index (χ0) is 12.1. The number of hydrogen-bond acceptors (Lipinski definition) is 3.